The molecule has 2 aliphatic rings. The fourth-order valence-electron chi connectivity index (χ4n) is 4.76. The van der Waals surface area contributed by atoms with E-state index in [2.05, 4.69) is 5.10 Å². The Morgan fingerprint density at radius 1 is 1.19 bits per heavy atom. The number of aromatic nitrogens is 2. The van der Waals surface area contributed by atoms with Crippen LogP contribution in [0.25, 0.3) is 11.3 Å². The van der Waals surface area contributed by atoms with Crippen LogP contribution in [0.2, 0.25) is 0 Å². The maximum Gasteiger partial charge on any atom is 0.416 e. The first-order valence-corrected chi connectivity index (χ1v) is 13.2. The highest BCUT2D eigenvalue weighted by atomic mass is 32.2. The minimum Gasteiger partial charge on any atom is -0.760 e. The normalized spacial score (nSPS) is 18.3. The molecule has 0 N–H and O–H groups in total. The minimum atomic E-state index is -4.42. The van der Waals surface area contributed by atoms with Gasteiger partial charge in [-0.3, -0.25) is 8.89 Å². The summed E-state index contributed by atoms with van der Waals surface area (Å²) in [6.07, 6.45) is -1.24. The molecule has 0 radical (unpaired) electrons. The highest BCUT2D eigenvalue weighted by Crippen LogP contribution is 2.41. The molecule has 198 valence electrons. The van der Waals surface area contributed by atoms with Crippen molar-refractivity contribution in [2.45, 2.75) is 44.4 Å². The molecule has 1 atom stereocenters. The fourth-order valence-corrected chi connectivity index (χ4v) is 5.58. The summed E-state index contributed by atoms with van der Waals surface area (Å²) in [5.41, 5.74) is 0.898. The van der Waals surface area contributed by atoms with Gasteiger partial charge in [0.25, 0.3) is 0 Å². The number of hydrogen-bond donors (Lipinski definition) is 0. The molecule has 1 aromatic heterocycles. The van der Waals surface area contributed by atoms with Gasteiger partial charge in [0, 0.05) is 36.0 Å². The summed E-state index contributed by atoms with van der Waals surface area (Å²) in [5, 5.41) is 4.46. The molecule has 7 nitrogen and oxygen atoms in total. The summed E-state index contributed by atoms with van der Waals surface area (Å²) >= 11 is -2.40. The molecule has 2 heterocycles. The molecule has 1 aliphatic heterocycles. The zero-order valence-electron chi connectivity index (χ0n) is 20.2. The van der Waals surface area contributed by atoms with E-state index in [1.54, 1.807) is 10.7 Å². The SMILES string of the molecule is CCn1nc(Oc2ccc(C(F)(F)F)cc2)cc1-c1cccc(C2(N(CC3CCC3)S(=O)[O-])COC2)c1. The van der Waals surface area contributed by atoms with E-state index in [0.29, 0.717) is 19.0 Å². The Balaban J connectivity index is 1.42. The van der Waals surface area contributed by atoms with E-state index in [1.165, 1.54) is 16.4 Å². The lowest BCUT2D eigenvalue weighted by atomic mass is 9.82. The highest BCUT2D eigenvalue weighted by molar-refractivity contribution is 7.76. The van der Waals surface area contributed by atoms with Gasteiger partial charge < -0.3 is 14.0 Å². The Kier molecular flexibility index (Phi) is 7.14. The Bertz CT molecular complexity index is 1270. The van der Waals surface area contributed by atoms with Gasteiger partial charge in [0.2, 0.25) is 5.88 Å². The average molecular weight is 535 g/mol. The summed E-state index contributed by atoms with van der Waals surface area (Å²) in [4.78, 5) is 0. The summed E-state index contributed by atoms with van der Waals surface area (Å²) in [6, 6.07) is 13.8. The van der Waals surface area contributed by atoms with Crippen molar-refractivity contribution in [1.82, 2.24) is 14.1 Å². The molecular formula is C26H27F3N3O4S-. The molecular weight excluding hydrogens is 507 g/mol. The van der Waals surface area contributed by atoms with Crippen molar-refractivity contribution in [3.63, 3.8) is 0 Å². The molecule has 1 saturated carbocycles. The molecule has 2 aromatic carbocycles. The summed E-state index contributed by atoms with van der Waals surface area (Å²) < 4.78 is 77.7. The van der Waals surface area contributed by atoms with Crippen molar-refractivity contribution in [3.8, 4) is 22.9 Å². The van der Waals surface area contributed by atoms with E-state index in [9.17, 15) is 21.9 Å². The van der Waals surface area contributed by atoms with E-state index < -0.39 is 28.5 Å². The zero-order valence-corrected chi connectivity index (χ0v) is 21.1. The van der Waals surface area contributed by atoms with Gasteiger partial charge in [-0.2, -0.15) is 13.2 Å². The molecule has 1 unspecified atom stereocenters. The Labute approximate surface area is 215 Å². The number of halogens is 3. The molecule has 1 saturated heterocycles. The van der Waals surface area contributed by atoms with Crippen LogP contribution < -0.4 is 4.74 Å². The third kappa shape index (κ3) is 5.18. The second-order valence-electron chi connectivity index (χ2n) is 9.49. The second kappa shape index (κ2) is 10.2. The number of ether oxygens (including phenoxy) is 2. The molecule has 11 heteroatoms. The largest absolute Gasteiger partial charge is 0.760 e. The maximum atomic E-state index is 12.9. The average Bonchev–Trinajstić information content (AvgIpc) is 3.22. The van der Waals surface area contributed by atoms with E-state index in [1.807, 2.05) is 31.2 Å². The van der Waals surface area contributed by atoms with E-state index in [-0.39, 0.29) is 24.8 Å². The highest BCUT2D eigenvalue weighted by Gasteiger charge is 2.47. The monoisotopic (exact) mass is 534 g/mol. The van der Waals surface area contributed by atoms with Gasteiger partial charge in [0.15, 0.2) is 0 Å². The molecule has 1 aliphatic carbocycles. The predicted molar refractivity (Wildman–Crippen MR) is 130 cm³/mol. The van der Waals surface area contributed by atoms with Gasteiger partial charge in [0.1, 0.15) is 11.3 Å². The lowest BCUT2D eigenvalue weighted by Crippen LogP contribution is -2.61. The number of benzene rings is 2. The third-order valence-electron chi connectivity index (χ3n) is 7.14. The van der Waals surface area contributed by atoms with E-state index >= 15 is 0 Å². The Hall–Kier alpha value is -2.73. The summed E-state index contributed by atoms with van der Waals surface area (Å²) in [5.74, 6) is 0.852. The number of rotatable bonds is 9. The standard InChI is InChI=1S/C26H28F3N3O4S/c1-2-31-23(14-24(30-31)36-22-11-9-20(10-12-22)26(27,28)29)19-7-4-8-21(13-19)25(16-35-17-25)32(37(33)34)15-18-5-3-6-18/h4,7-14,18H,2-3,5-6,15-17H2,1H3,(H,33,34)/p-1. The maximum absolute atomic E-state index is 12.9. The zero-order chi connectivity index (χ0) is 26.2. The molecule has 0 amide bonds. The quantitative estimate of drug-likeness (QED) is 0.339. The van der Waals surface area contributed by atoms with Crippen LogP contribution >= 0.6 is 0 Å². The van der Waals surface area contributed by atoms with Gasteiger partial charge in [-0.15, -0.1) is 5.10 Å². The van der Waals surface area contributed by atoms with Crippen molar-refractivity contribution in [3.05, 3.63) is 65.7 Å². The first-order valence-electron chi connectivity index (χ1n) is 12.2. The van der Waals surface area contributed by atoms with Crippen LogP contribution in [0.5, 0.6) is 11.6 Å². The van der Waals surface area contributed by atoms with Crippen molar-refractivity contribution >= 4 is 11.3 Å². The molecule has 0 spiro atoms. The summed E-state index contributed by atoms with van der Waals surface area (Å²) in [7, 11) is 0. The molecule has 5 rings (SSSR count). The number of aryl methyl sites for hydroxylation is 1. The van der Waals surface area contributed by atoms with Crippen LogP contribution in [-0.4, -0.2) is 42.6 Å². The lowest BCUT2D eigenvalue weighted by molar-refractivity contribution is -0.137. The van der Waals surface area contributed by atoms with Crippen LogP contribution in [-0.2, 0) is 34.3 Å². The van der Waals surface area contributed by atoms with Gasteiger partial charge in [-0.25, -0.2) is 4.31 Å². The smallest absolute Gasteiger partial charge is 0.416 e. The van der Waals surface area contributed by atoms with Gasteiger partial charge in [0.05, 0.1) is 24.5 Å². The Morgan fingerprint density at radius 2 is 1.92 bits per heavy atom. The lowest BCUT2D eigenvalue weighted by Gasteiger charge is -2.51. The fraction of sp³-hybridized carbons (Fsp3) is 0.423. The number of alkyl halides is 3. The topological polar surface area (TPSA) is 79.7 Å². The second-order valence-corrected chi connectivity index (χ2v) is 10.4. The van der Waals surface area contributed by atoms with Crippen molar-refractivity contribution in [1.29, 1.82) is 0 Å². The summed E-state index contributed by atoms with van der Waals surface area (Å²) in [6.45, 7) is 3.49. The van der Waals surface area contributed by atoms with Crippen LogP contribution in [0.4, 0.5) is 13.2 Å². The first-order chi connectivity index (χ1) is 17.7. The van der Waals surface area contributed by atoms with E-state index in [4.69, 9.17) is 9.47 Å². The predicted octanol–water partition coefficient (Wildman–Crippen LogP) is 5.50. The van der Waals surface area contributed by atoms with Crippen LogP contribution in [0.1, 0.15) is 37.3 Å². The van der Waals surface area contributed by atoms with Crippen molar-refractivity contribution < 1.29 is 31.4 Å². The molecule has 2 fully saturated rings. The van der Waals surface area contributed by atoms with E-state index in [0.717, 1.165) is 48.2 Å². The number of hydrogen-bond acceptors (Lipinski definition) is 5. The molecule has 37 heavy (non-hydrogen) atoms. The minimum absolute atomic E-state index is 0.240. The van der Waals surface area contributed by atoms with Crippen LogP contribution in [0, 0.1) is 5.92 Å². The third-order valence-corrected chi connectivity index (χ3v) is 8.00. The van der Waals surface area contributed by atoms with Gasteiger partial charge in [-0.1, -0.05) is 24.6 Å². The van der Waals surface area contributed by atoms with Gasteiger partial charge >= 0.3 is 6.18 Å². The molecule has 3 aromatic rings. The first kappa shape index (κ1) is 25.9. The van der Waals surface area contributed by atoms with Crippen LogP contribution in [0.3, 0.4) is 0 Å². The number of nitrogens with zero attached hydrogens (tertiary/aromatic N) is 3. The van der Waals surface area contributed by atoms with Crippen LogP contribution in [0.15, 0.2) is 54.6 Å². The van der Waals surface area contributed by atoms with Crippen molar-refractivity contribution in [2.24, 2.45) is 5.92 Å². The molecule has 0 bridgehead atoms. The Morgan fingerprint density at radius 3 is 2.46 bits per heavy atom. The van der Waals surface area contributed by atoms with Crippen molar-refractivity contribution in [2.75, 3.05) is 19.8 Å². The van der Waals surface area contributed by atoms with Gasteiger partial charge in [-0.05, 0) is 61.6 Å².